The molecule has 2 N–H and O–H groups in total. The van der Waals surface area contributed by atoms with Gasteiger partial charge in [-0.1, -0.05) is 24.3 Å². The molecule has 1 saturated heterocycles. The Labute approximate surface area is 188 Å². The van der Waals surface area contributed by atoms with Crippen LogP contribution in [-0.4, -0.2) is 46.7 Å². The fraction of sp³-hybridized carbons (Fsp3) is 0.435. The van der Waals surface area contributed by atoms with Gasteiger partial charge in [0.25, 0.3) is 0 Å². The van der Waals surface area contributed by atoms with Crippen LogP contribution in [0, 0.1) is 5.82 Å². The lowest BCUT2D eigenvalue weighted by molar-refractivity contribution is -0.122. The lowest BCUT2D eigenvalue weighted by atomic mass is 9.74. The molecule has 2 aromatic carbocycles. The highest BCUT2D eigenvalue weighted by Gasteiger charge is 2.35. The number of carbonyl (C=O) groups excluding carboxylic acids is 1. The number of amides is 1. The molecule has 1 aliphatic heterocycles. The van der Waals surface area contributed by atoms with Crippen LogP contribution in [0.15, 0.2) is 53.4 Å². The average molecular weight is 465 g/mol. The molecule has 7 nitrogen and oxygen atoms in total. The molecular weight excluding hydrogens is 435 g/mol. The van der Waals surface area contributed by atoms with Gasteiger partial charge in [-0.3, -0.25) is 4.79 Å². The Morgan fingerprint density at radius 3 is 2.44 bits per heavy atom. The summed E-state index contributed by atoms with van der Waals surface area (Å²) in [6, 6.07) is 11.8. The number of sulfonamides is 1. The fourth-order valence-electron chi connectivity index (χ4n) is 3.82. The molecule has 1 amide bonds. The van der Waals surface area contributed by atoms with Crippen molar-refractivity contribution in [2.45, 2.75) is 43.0 Å². The zero-order chi connectivity index (χ0) is 23.2. The van der Waals surface area contributed by atoms with Crippen molar-refractivity contribution in [3.05, 3.63) is 59.9 Å². The molecule has 0 bridgehead atoms. The molecule has 1 aliphatic rings. The number of ether oxygens (including phenoxy) is 2. The summed E-state index contributed by atoms with van der Waals surface area (Å²) in [7, 11) is -4.18. The Balaban J connectivity index is 1.69. The van der Waals surface area contributed by atoms with E-state index in [1.807, 2.05) is 31.2 Å². The van der Waals surface area contributed by atoms with Gasteiger partial charge in [-0.15, -0.1) is 0 Å². The molecule has 3 rings (SSSR count). The summed E-state index contributed by atoms with van der Waals surface area (Å²) in [4.78, 5) is 12.2. The molecular formula is C23H29FN2O5S. The van der Waals surface area contributed by atoms with E-state index in [1.165, 1.54) is 19.1 Å². The smallest absolute Gasteiger partial charge is 0.244 e. The summed E-state index contributed by atoms with van der Waals surface area (Å²) < 4.78 is 52.2. The summed E-state index contributed by atoms with van der Waals surface area (Å²) in [5.41, 5.74) is 0.729. The Kier molecular flexibility index (Phi) is 7.86. The van der Waals surface area contributed by atoms with Crippen LogP contribution in [-0.2, 0) is 25.0 Å². The molecule has 32 heavy (non-hydrogen) atoms. The number of carbonyl (C=O) groups is 1. The molecule has 0 radical (unpaired) electrons. The number of rotatable bonds is 9. The second-order valence-electron chi connectivity index (χ2n) is 7.84. The van der Waals surface area contributed by atoms with Crippen LogP contribution in [0.1, 0.15) is 32.3 Å². The minimum atomic E-state index is -4.18. The third kappa shape index (κ3) is 5.65. The van der Waals surface area contributed by atoms with Crippen LogP contribution in [0.2, 0.25) is 0 Å². The number of nitrogens with one attached hydrogen (secondary N) is 2. The Hall–Kier alpha value is -2.49. The van der Waals surface area contributed by atoms with Crippen LogP contribution in [0.25, 0.3) is 0 Å². The zero-order valence-corrected chi connectivity index (χ0v) is 19.1. The number of benzene rings is 2. The van der Waals surface area contributed by atoms with Crippen LogP contribution >= 0.6 is 0 Å². The molecule has 0 unspecified atom stereocenters. The minimum Gasteiger partial charge on any atom is -0.494 e. The number of halogens is 1. The van der Waals surface area contributed by atoms with Gasteiger partial charge in [-0.25, -0.2) is 12.8 Å². The summed E-state index contributed by atoms with van der Waals surface area (Å²) in [5.74, 6) is -0.579. The maximum absolute atomic E-state index is 13.9. The monoisotopic (exact) mass is 464 g/mol. The molecule has 1 heterocycles. The van der Waals surface area contributed by atoms with Gasteiger partial charge in [0.15, 0.2) is 0 Å². The molecule has 9 heteroatoms. The van der Waals surface area contributed by atoms with Gasteiger partial charge in [0.05, 0.1) is 12.6 Å². The van der Waals surface area contributed by atoms with Crippen molar-refractivity contribution in [3.8, 4) is 5.75 Å². The molecule has 0 spiro atoms. The lowest BCUT2D eigenvalue weighted by Crippen LogP contribution is -2.50. The first-order valence-corrected chi connectivity index (χ1v) is 12.1. The minimum absolute atomic E-state index is 0.328. The topological polar surface area (TPSA) is 93.7 Å². The van der Waals surface area contributed by atoms with E-state index >= 15 is 0 Å². The Morgan fingerprint density at radius 1 is 1.16 bits per heavy atom. The third-order valence-corrected chi connectivity index (χ3v) is 7.25. The largest absolute Gasteiger partial charge is 0.494 e. The highest BCUT2D eigenvalue weighted by atomic mass is 32.2. The van der Waals surface area contributed by atoms with E-state index in [4.69, 9.17) is 9.47 Å². The number of hydrogen-bond donors (Lipinski definition) is 2. The normalized spacial score (nSPS) is 16.8. The summed E-state index contributed by atoms with van der Waals surface area (Å²) in [6.07, 6.45) is 1.44. The molecule has 1 fully saturated rings. The first-order chi connectivity index (χ1) is 15.3. The van der Waals surface area contributed by atoms with E-state index < -0.39 is 32.7 Å². The second-order valence-corrected chi connectivity index (χ2v) is 9.52. The first-order valence-electron chi connectivity index (χ1n) is 10.6. The Bertz CT molecular complexity index is 1020. The van der Waals surface area contributed by atoms with Gasteiger partial charge in [0.1, 0.15) is 16.5 Å². The van der Waals surface area contributed by atoms with Crippen LogP contribution in [0.5, 0.6) is 5.75 Å². The van der Waals surface area contributed by atoms with E-state index in [-0.39, 0.29) is 5.41 Å². The van der Waals surface area contributed by atoms with Crippen molar-refractivity contribution >= 4 is 15.9 Å². The van der Waals surface area contributed by atoms with Crippen molar-refractivity contribution in [1.29, 1.82) is 0 Å². The maximum Gasteiger partial charge on any atom is 0.244 e. The second kappa shape index (κ2) is 10.4. The van der Waals surface area contributed by atoms with E-state index in [0.29, 0.717) is 26.4 Å². The molecule has 0 aliphatic carbocycles. The van der Waals surface area contributed by atoms with E-state index in [2.05, 4.69) is 10.0 Å². The van der Waals surface area contributed by atoms with Gasteiger partial charge in [0.2, 0.25) is 15.9 Å². The van der Waals surface area contributed by atoms with Crippen molar-refractivity contribution < 1.29 is 27.1 Å². The van der Waals surface area contributed by atoms with E-state index in [1.54, 1.807) is 0 Å². The standard InChI is InChI=1S/C23H29FN2O5S/c1-3-31-19-10-8-18(9-11-19)23(12-14-30-15-13-23)16-25-22(27)17(2)26-32(28,29)21-7-5-4-6-20(21)24/h4-11,17,26H,3,12-16H2,1-2H3,(H,25,27)/t17-/m0/s1. The van der Waals surface area contributed by atoms with E-state index in [9.17, 15) is 17.6 Å². The van der Waals surface area contributed by atoms with Crippen molar-refractivity contribution in [3.63, 3.8) is 0 Å². The summed E-state index contributed by atoms with van der Waals surface area (Å²) in [6.45, 7) is 5.40. The Morgan fingerprint density at radius 2 is 1.81 bits per heavy atom. The van der Waals surface area contributed by atoms with E-state index in [0.717, 1.165) is 36.3 Å². The van der Waals surface area contributed by atoms with Crippen molar-refractivity contribution in [1.82, 2.24) is 10.0 Å². The predicted molar refractivity (Wildman–Crippen MR) is 119 cm³/mol. The van der Waals surface area contributed by atoms with Crippen molar-refractivity contribution in [2.75, 3.05) is 26.4 Å². The molecule has 174 valence electrons. The SMILES string of the molecule is CCOc1ccc(C2(CNC(=O)[C@H](C)NS(=O)(=O)c3ccccc3F)CCOCC2)cc1. The highest BCUT2D eigenvalue weighted by molar-refractivity contribution is 7.89. The van der Waals surface area contributed by atoms with Crippen molar-refractivity contribution in [2.24, 2.45) is 0 Å². The van der Waals surface area contributed by atoms with Gasteiger partial charge in [-0.05, 0) is 56.5 Å². The van der Waals surface area contributed by atoms with Crippen LogP contribution < -0.4 is 14.8 Å². The molecule has 0 saturated carbocycles. The zero-order valence-electron chi connectivity index (χ0n) is 18.3. The molecule has 0 aromatic heterocycles. The summed E-state index contributed by atoms with van der Waals surface area (Å²) in [5, 5.41) is 2.87. The van der Waals surface area contributed by atoms with Gasteiger partial charge in [-0.2, -0.15) is 4.72 Å². The predicted octanol–water partition coefficient (Wildman–Crippen LogP) is 2.76. The average Bonchev–Trinajstić information content (AvgIpc) is 2.78. The first kappa shape index (κ1) is 24.2. The fourth-order valence-corrected chi connectivity index (χ4v) is 5.10. The molecule has 1 atom stereocenters. The van der Waals surface area contributed by atoms with Gasteiger partial charge in [0, 0.05) is 25.2 Å². The quantitative estimate of drug-likeness (QED) is 0.595. The number of hydrogen-bond acceptors (Lipinski definition) is 5. The van der Waals surface area contributed by atoms with Gasteiger partial charge < -0.3 is 14.8 Å². The van der Waals surface area contributed by atoms with Crippen LogP contribution in [0.3, 0.4) is 0 Å². The highest BCUT2D eigenvalue weighted by Crippen LogP contribution is 2.35. The summed E-state index contributed by atoms with van der Waals surface area (Å²) >= 11 is 0. The van der Waals surface area contributed by atoms with Gasteiger partial charge >= 0.3 is 0 Å². The van der Waals surface area contributed by atoms with Crippen LogP contribution in [0.4, 0.5) is 4.39 Å². The lowest BCUT2D eigenvalue weighted by Gasteiger charge is -2.38. The maximum atomic E-state index is 13.9. The molecule has 2 aromatic rings. The third-order valence-electron chi connectivity index (χ3n) is 5.68.